The molecule has 4 fully saturated rings. The first kappa shape index (κ1) is 21.3. The normalized spacial score (nSPS) is 38.6. The van der Waals surface area contributed by atoms with Gasteiger partial charge in [-0.25, -0.2) is 4.79 Å². The van der Waals surface area contributed by atoms with E-state index in [0.717, 1.165) is 32.2 Å². The van der Waals surface area contributed by atoms with Crippen molar-refractivity contribution in [3.63, 3.8) is 0 Å². The number of carbonyl (C=O) groups excluding carboxylic acids is 2. The summed E-state index contributed by atoms with van der Waals surface area (Å²) >= 11 is 1.45. The number of fused-ring (bicyclic) bond motifs is 2. The Bertz CT molecular complexity index is 871. The highest BCUT2D eigenvalue weighted by Gasteiger charge is 2.62. The van der Waals surface area contributed by atoms with Crippen molar-refractivity contribution in [2.75, 3.05) is 18.8 Å². The van der Waals surface area contributed by atoms with E-state index >= 15 is 0 Å². The van der Waals surface area contributed by atoms with Gasteiger partial charge in [-0.3, -0.25) is 14.5 Å². The molecule has 4 aliphatic heterocycles. The summed E-state index contributed by atoms with van der Waals surface area (Å²) in [5, 5.41) is 19.8. The summed E-state index contributed by atoms with van der Waals surface area (Å²) < 4.78 is 0. The minimum absolute atomic E-state index is 0.00109. The van der Waals surface area contributed by atoms with Crippen LogP contribution in [0.5, 0.6) is 0 Å². The average Bonchev–Trinajstić information content (AvgIpc) is 3.34. The maximum absolute atomic E-state index is 13.2. The Balaban J connectivity index is 1.32. The highest BCUT2D eigenvalue weighted by Crippen LogP contribution is 2.53. The maximum Gasteiger partial charge on any atom is 0.353 e. The number of carbonyl (C=O) groups is 3. The lowest BCUT2D eigenvalue weighted by Gasteiger charge is -2.46. The number of β-lactam (4-membered cyclic amide) rings is 1. The molecule has 0 spiro atoms. The van der Waals surface area contributed by atoms with Crippen molar-refractivity contribution < 1.29 is 24.6 Å². The van der Waals surface area contributed by atoms with Crippen molar-refractivity contribution in [2.24, 2.45) is 17.8 Å². The Kier molecular flexibility index (Phi) is 4.95. The smallest absolute Gasteiger partial charge is 0.353 e. The molecule has 5 aliphatic rings. The van der Waals surface area contributed by atoms with Gasteiger partial charge in [-0.05, 0) is 45.4 Å². The Hall–Kier alpha value is -1.58. The molecule has 6 atom stereocenters. The van der Waals surface area contributed by atoms with Crippen LogP contribution in [0.15, 0.2) is 10.6 Å². The van der Waals surface area contributed by atoms with E-state index in [1.807, 2.05) is 11.8 Å². The zero-order chi connectivity index (χ0) is 22.2. The molecule has 1 saturated carbocycles. The quantitative estimate of drug-likeness (QED) is 0.565. The Morgan fingerprint density at radius 1 is 1.26 bits per heavy atom. The molecule has 1 aliphatic carbocycles. The standard InChI is InChI=1S/C22H31N3O5S/c1-11-16-15(12(2)26)20(28)25(16)17(21(29)30)18(11)31-10-9-24-19(27)14-5-4-8-23(14)22(24,3)13-6-7-13/h11-16,26H,4-10H2,1-3H3,(H,29,30)/t11-,12-,14-,15-,16-,22?/m1/s1. The van der Waals surface area contributed by atoms with E-state index in [1.165, 1.54) is 16.7 Å². The second kappa shape index (κ2) is 7.22. The molecule has 2 amide bonds. The maximum atomic E-state index is 13.2. The fraction of sp³-hybridized carbons (Fsp3) is 0.773. The highest BCUT2D eigenvalue weighted by molar-refractivity contribution is 8.03. The first-order valence-corrected chi connectivity index (χ1v) is 12.4. The van der Waals surface area contributed by atoms with Gasteiger partial charge >= 0.3 is 5.97 Å². The van der Waals surface area contributed by atoms with Gasteiger partial charge in [-0.2, -0.15) is 0 Å². The minimum atomic E-state index is -1.10. The van der Waals surface area contributed by atoms with Crippen molar-refractivity contribution in [2.45, 2.75) is 70.3 Å². The lowest BCUT2D eigenvalue weighted by Crippen LogP contribution is -2.63. The van der Waals surface area contributed by atoms with Gasteiger partial charge in [0.2, 0.25) is 11.8 Å². The van der Waals surface area contributed by atoms with Crippen molar-refractivity contribution in [1.29, 1.82) is 0 Å². The molecule has 0 aromatic rings. The zero-order valence-corrected chi connectivity index (χ0v) is 19.1. The number of nitrogens with zero attached hydrogens (tertiary/aromatic N) is 3. The number of hydrogen-bond donors (Lipinski definition) is 2. The third-order valence-corrected chi connectivity index (χ3v) is 9.43. The molecule has 9 heteroatoms. The minimum Gasteiger partial charge on any atom is -0.477 e. The topological polar surface area (TPSA) is 101 Å². The summed E-state index contributed by atoms with van der Waals surface area (Å²) in [6.07, 6.45) is 3.51. The van der Waals surface area contributed by atoms with Crippen LogP contribution in [0.2, 0.25) is 0 Å². The Labute approximate surface area is 186 Å². The fourth-order valence-electron chi connectivity index (χ4n) is 6.51. The Morgan fingerprint density at radius 3 is 2.58 bits per heavy atom. The molecule has 0 radical (unpaired) electrons. The number of rotatable bonds is 7. The van der Waals surface area contributed by atoms with Crippen molar-refractivity contribution in [3.05, 3.63) is 10.6 Å². The summed E-state index contributed by atoms with van der Waals surface area (Å²) in [6, 6.07) is -0.294. The Morgan fingerprint density at radius 2 is 1.97 bits per heavy atom. The lowest BCUT2D eigenvalue weighted by atomic mass is 9.79. The SMILES string of the molecule is C[C@@H](O)[C@H]1C(=O)N2C(C(=O)O)=C(SCCN3C(=O)[C@H]4CCCN4C3(C)C3CC3)[C@H](C)[C@H]12. The summed E-state index contributed by atoms with van der Waals surface area (Å²) in [7, 11) is 0. The van der Waals surface area contributed by atoms with E-state index in [-0.39, 0.29) is 41.2 Å². The van der Waals surface area contributed by atoms with Crippen LogP contribution < -0.4 is 0 Å². The molecule has 0 bridgehead atoms. The summed E-state index contributed by atoms with van der Waals surface area (Å²) in [5.74, 6) is -0.762. The van der Waals surface area contributed by atoms with E-state index in [1.54, 1.807) is 6.92 Å². The van der Waals surface area contributed by atoms with Crippen molar-refractivity contribution >= 4 is 29.5 Å². The van der Waals surface area contributed by atoms with Gasteiger partial charge < -0.3 is 20.0 Å². The van der Waals surface area contributed by atoms with Gasteiger partial charge in [0.15, 0.2) is 0 Å². The van der Waals surface area contributed by atoms with Gasteiger partial charge in [-0.1, -0.05) is 6.92 Å². The van der Waals surface area contributed by atoms with E-state index in [4.69, 9.17) is 0 Å². The first-order chi connectivity index (χ1) is 14.7. The fourth-order valence-corrected chi connectivity index (χ4v) is 7.73. The second-order valence-electron chi connectivity index (χ2n) is 9.83. The van der Waals surface area contributed by atoms with E-state index < -0.39 is 18.0 Å². The van der Waals surface area contributed by atoms with Crippen LogP contribution in [0.4, 0.5) is 0 Å². The third-order valence-electron chi connectivity index (χ3n) is 8.17. The number of carboxylic acids is 1. The number of amides is 2. The van der Waals surface area contributed by atoms with Gasteiger partial charge in [0.05, 0.1) is 29.8 Å². The van der Waals surface area contributed by atoms with Crippen LogP contribution in [0.25, 0.3) is 0 Å². The summed E-state index contributed by atoms with van der Waals surface area (Å²) in [5.41, 5.74) is -0.164. The predicted octanol–water partition coefficient (Wildman–Crippen LogP) is 1.31. The molecule has 0 aromatic carbocycles. The van der Waals surface area contributed by atoms with E-state index in [9.17, 15) is 24.6 Å². The van der Waals surface area contributed by atoms with Gasteiger partial charge in [0.25, 0.3) is 0 Å². The number of aliphatic hydroxyl groups excluding tert-OH is 1. The molecule has 170 valence electrons. The second-order valence-corrected chi connectivity index (χ2v) is 11.0. The van der Waals surface area contributed by atoms with Gasteiger partial charge in [0.1, 0.15) is 5.70 Å². The number of thioether (sulfide) groups is 1. The first-order valence-electron chi connectivity index (χ1n) is 11.4. The monoisotopic (exact) mass is 449 g/mol. The molecule has 1 unspecified atom stereocenters. The molecule has 5 rings (SSSR count). The van der Waals surface area contributed by atoms with Crippen LogP contribution in [0, 0.1) is 17.8 Å². The number of hydrogen-bond acceptors (Lipinski definition) is 6. The van der Waals surface area contributed by atoms with Crippen LogP contribution in [-0.2, 0) is 14.4 Å². The molecule has 8 nitrogen and oxygen atoms in total. The summed E-state index contributed by atoms with van der Waals surface area (Å²) in [6.45, 7) is 7.27. The number of aliphatic hydroxyl groups is 1. The van der Waals surface area contributed by atoms with Crippen LogP contribution in [-0.4, -0.2) is 85.4 Å². The molecule has 3 saturated heterocycles. The van der Waals surface area contributed by atoms with Crippen LogP contribution >= 0.6 is 11.8 Å². The molecular weight excluding hydrogens is 418 g/mol. The lowest BCUT2D eigenvalue weighted by molar-refractivity contribution is -0.163. The molecule has 31 heavy (non-hydrogen) atoms. The van der Waals surface area contributed by atoms with Crippen molar-refractivity contribution in [1.82, 2.24) is 14.7 Å². The van der Waals surface area contributed by atoms with Gasteiger partial charge in [0, 0.05) is 29.7 Å². The molecule has 0 aromatic heterocycles. The van der Waals surface area contributed by atoms with Crippen LogP contribution in [0.3, 0.4) is 0 Å². The zero-order valence-electron chi connectivity index (χ0n) is 18.3. The highest BCUT2D eigenvalue weighted by atomic mass is 32.2. The number of carboxylic acid groups (broad SMARTS) is 1. The van der Waals surface area contributed by atoms with Crippen LogP contribution in [0.1, 0.15) is 46.5 Å². The summed E-state index contributed by atoms with van der Waals surface area (Å²) in [4.78, 5) is 44.1. The largest absolute Gasteiger partial charge is 0.477 e. The third kappa shape index (κ3) is 2.85. The van der Waals surface area contributed by atoms with E-state index in [2.05, 4.69) is 11.8 Å². The average molecular weight is 450 g/mol. The molecule has 4 heterocycles. The van der Waals surface area contributed by atoms with Crippen molar-refractivity contribution in [3.8, 4) is 0 Å². The van der Waals surface area contributed by atoms with Gasteiger partial charge in [-0.15, -0.1) is 11.8 Å². The predicted molar refractivity (Wildman–Crippen MR) is 115 cm³/mol. The van der Waals surface area contributed by atoms with E-state index in [0.29, 0.717) is 23.1 Å². The molecular formula is C22H31N3O5S. The molecule has 2 N–H and O–H groups in total. The number of aliphatic carboxylic acids is 1.